The maximum atomic E-state index is 11.7. The van der Waals surface area contributed by atoms with Crippen molar-refractivity contribution in [3.8, 4) is 0 Å². The van der Waals surface area contributed by atoms with Crippen molar-refractivity contribution < 1.29 is 18.4 Å². The van der Waals surface area contributed by atoms with Gasteiger partial charge in [-0.05, 0) is 12.0 Å². The maximum absolute atomic E-state index is 11.7. The van der Waals surface area contributed by atoms with Gasteiger partial charge in [-0.3, -0.25) is 10.1 Å². The highest BCUT2D eigenvalue weighted by Crippen LogP contribution is 2.40. The fourth-order valence-electron chi connectivity index (χ4n) is 1.72. The molecule has 0 unspecified atom stereocenters. The number of nitro benzene ring substituents is 1. The predicted molar refractivity (Wildman–Crippen MR) is 71.8 cm³/mol. The first-order valence-electron chi connectivity index (χ1n) is 5.44. The Balaban J connectivity index is 3.29. The Morgan fingerprint density at radius 3 is 2.53 bits per heavy atom. The number of sulfone groups is 1. The molecule has 0 saturated carbocycles. The third kappa shape index (κ3) is 3.05. The van der Waals surface area contributed by atoms with E-state index < -0.39 is 25.1 Å². The van der Waals surface area contributed by atoms with Crippen molar-refractivity contribution >= 4 is 27.1 Å². The van der Waals surface area contributed by atoms with Crippen molar-refractivity contribution in [2.24, 2.45) is 0 Å². The van der Waals surface area contributed by atoms with Gasteiger partial charge in [0.05, 0.1) is 4.92 Å². The molecule has 0 aliphatic carbocycles. The highest BCUT2D eigenvalue weighted by molar-refractivity contribution is 7.93. The number of rotatable bonds is 5. The number of benzene rings is 1. The number of hydrogen-bond acceptors (Lipinski definition) is 5. The minimum atomic E-state index is -3.75. The van der Waals surface area contributed by atoms with E-state index in [9.17, 15) is 23.6 Å². The quantitative estimate of drug-likeness (QED) is 0.510. The first kappa shape index (κ1) is 15.9. The molecular formula is C11H14ClNO5S. The minimum absolute atomic E-state index is 0.0305. The Kier molecular flexibility index (Phi) is 4.54. The van der Waals surface area contributed by atoms with Crippen LogP contribution in [0.3, 0.4) is 0 Å². The second kappa shape index (κ2) is 5.44. The lowest BCUT2D eigenvalue weighted by Crippen LogP contribution is -2.37. The van der Waals surface area contributed by atoms with E-state index in [4.69, 9.17) is 11.6 Å². The normalized spacial score (nSPS) is 16.6. The Labute approximate surface area is 116 Å². The molecule has 0 radical (unpaired) electrons. The number of non-ortho nitro benzene ring substituents is 1. The van der Waals surface area contributed by atoms with Crippen LogP contribution < -0.4 is 0 Å². The maximum Gasteiger partial charge on any atom is 0.269 e. The van der Waals surface area contributed by atoms with Gasteiger partial charge in [0.15, 0.2) is 14.0 Å². The van der Waals surface area contributed by atoms with Crippen molar-refractivity contribution in [2.75, 3.05) is 6.26 Å². The molecule has 2 atom stereocenters. The lowest BCUT2D eigenvalue weighted by molar-refractivity contribution is -0.385. The molecule has 0 amide bonds. The second-order valence-electron chi connectivity index (χ2n) is 4.17. The molecular weight excluding hydrogens is 294 g/mol. The van der Waals surface area contributed by atoms with E-state index in [1.807, 2.05) is 0 Å². The molecule has 1 aromatic rings. The van der Waals surface area contributed by atoms with Crippen LogP contribution >= 0.6 is 11.6 Å². The summed E-state index contributed by atoms with van der Waals surface area (Å²) in [4.78, 5) is 10.0. The van der Waals surface area contributed by atoms with E-state index in [1.165, 1.54) is 25.1 Å². The van der Waals surface area contributed by atoms with Crippen molar-refractivity contribution in [3.05, 3.63) is 39.9 Å². The zero-order valence-electron chi connectivity index (χ0n) is 10.4. The van der Waals surface area contributed by atoms with Gasteiger partial charge in [0.1, 0.15) is 6.10 Å². The van der Waals surface area contributed by atoms with Crippen molar-refractivity contribution in [1.82, 2.24) is 0 Å². The number of halogens is 1. The summed E-state index contributed by atoms with van der Waals surface area (Å²) in [6, 6.07) is 5.13. The number of nitrogens with zero attached hydrogens (tertiary/aromatic N) is 1. The van der Waals surface area contributed by atoms with E-state index >= 15 is 0 Å². The molecule has 0 spiro atoms. The number of aliphatic hydroxyl groups is 1. The summed E-state index contributed by atoms with van der Waals surface area (Å²) in [7, 11) is -3.75. The van der Waals surface area contributed by atoms with E-state index in [-0.39, 0.29) is 17.7 Å². The van der Waals surface area contributed by atoms with Gasteiger partial charge in [-0.1, -0.05) is 30.7 Å². The molecule has 106 valence electrons. The van der Waals surface area contributed by atoms with Gasteiger partial charge < -0.3 is 5.11 Å². The van der Waals surface area contributed by atoms with Gasteiger partial charge in [-0.15, -0.1) is 0 Å². The zero-order chi connectivity index (χ0) is 14.8. The van der Waals surface area contributed by atoms with E-state index in [0.717, 1.165) is 12.3 Å². The fourth-order valence-corrected chi connectivity index (χ4v) is 2.91. The van der Waals surface area contributed by atoms with E-state index in [1.54, 1.807) is 0 Å². The SMILES string of the molecule is CC[C@](Cl)([C@H](O)c1cccc([N+](=O)[O-])c1)S(C)(=O)=O. The van der Waals surface area contributed by atoms with Gasteiger partial charge in [0.2, 0.25) is 0 Å². The van der Waals surface area contributed by atoms with Crippen molar-refractivity contribution in [3.63, 3.8) is 0 Å². The number of nitro groups is 1. The van der Waals surface area contributed by atoms with Crippen molar-refractivity contribution in [1.29, 1.82) is 0 Å². The molecule has 19 heavy (non-hydrogen) atoms. The summed E-state index contributed by atoms with van der Waals surface area (Å²) in [6.45, 7) is 1.52. The standard InChI is InChI=1S/C11H14ClNO5S/c1-3-11(12,19(2,17)18)10(14)8-5-4-6-9(7-8)13(15)16/h4-7,10,14H,3H2,1-2H3/t10-,11-/m1/s1. The molecule has 0 bridgehead atoms. The van der Waals surface area contributed by atoms with Crippen LogP contribution in [0.2, 0.25) is 0 Å². The highest BCUT2D eigenvalue weighted by atomic mass is 35.5. The summed E-state index contributed by atoms with van der Waals surface area (Å²) in [5, 5.41) is 20.8. The number of aliphatic hydroxyl groups excluding tert-OH is 1. The monoisotopic (exact) mass is 307 g/mol. The van der Waals surface area contributed by atoms with Gasteiger partial charge in [-0.25, -0.2) is 8.42 Å². The summed E-state index contributed by atoms with van der Waals surface area (Å²) < 4.78 is 21.5. The van der Waals surface area contributed by atoms with Crippen molar-refractivity contribution in [2.45, 2.75) is 23.7 Å². The molecule has 6 nitrogen and oxygen atoms in total. The average molecular weight is 308 g/mol. The molecule has 0 saturated heterocycles. The predicted octanol–water partition coefficient (Wildman–Crippen LogP) is 2.02. The average Bonchev–Trinajstić information content (AvgIpc) is 2.35. The lowest BCUT2D eigenvalue weighted by atomic mass is 10.0. The van der Waals surface area contributed by atoms with Gasteiger partial charge in [0, 0.05) is 18.4 Å². The summed E-state index contributed by atoms with van der Waals surface area (Å²) in [5.74, 6) is 0. The van der Waals surface area contributed by atoms with E-state index in [0.29, 0.717) is 0 Å². The molecule has 1 rings (SSSR count). The second-order valence-corrected chi connectivity index (χ2v) is 7.34. The first-order valence-corrected chi connectivity index (χ1v) is 7.71. The number of alkyl halides is 1. The molecule has 1 aromatic carbocycles. The molecule has 0 aliphatic rings. The highest BCUT2D eigenvalue weighted by Gasteiger charge is 2.45. The third-order valence-corrected chi connectivity index (χ3v) is 5.96. The van der Waals surface area contributed by atoms with Crippen LogP contribution in [-0.4, -0.2) is 28.9 Å². The molecule has 0 heterocycles. The summed E-state index contributed by atoms with van der Waals surface area (Å²) >= 11 is 6.01. The van der Waals surface area contributed by atoms with E-state index in [2.05, 4.69) is 0 Å². The minimum Gasteiger partial charge on any atom is -0.385 e. The topological polar surface area (TPSA) is 97.5 Å². The largest absolute Gasteiger partial charge is 0.385 e. The van der Waals surface area contributed by atoms with Crippen LogP contribution in [0.1, 0.15) is 25.0 Å². The van der Waals surface area contributed by atoms with Crippen LogP contribution in [0.5, 0.6) is 0 Å². The number of hydrogen-bond donors (Lipinski definition) is 1. The molecule has 1 N–H and O–H groups in total. The lowest BCUT2D eigenvalue weighted by Gasteiger charge is -2.29. The summed E-state index contributed by atoms with van der Waals surface area (Å²) in [6.07, 6.45) is -0.657. The Hall–Kier alpha value is -1.18. The molecule has 0 aromatic heterocycles. The van der Waals surface area contributed by atoms with Gasteiger partial charge in [-0.2, -0.15) is 0 Å². The van der Waals surface area contributed by atoms with Gasteiger partial charge >= 0.3 is 0 Å². The molecule has 8 heteroatoms. The first-order chi connectivity index (χ1) is 8.63. The van der Waals surface area contributed by atoms with Crippen LogP contribution in [0.15, 0.2) is 24.3 Å². The Bertz CT molecular complexity index is 589. The van der Waals surface area contributed by atoms with Crippen LogP contribution in [0, 0.1) is 10.1 Å². The smallest absolute Gasteiger partial charge is 0.269 e. The van der Waals surface area contributed by atoms with Gasteiger partial charge in [0.25, 0.3) is 5.69 Å². The Morgan fingerprint density at radius 2 is 2.11 bits per heavy atom. The fraction of sp³-hybridized carbons (Fsp3) is 0.455. The third-order valence-electron chi connectivity index (χ3n) is 2.90. The zero-order valence-corrected chi connectivity index (χ0v) is 12.0. The van der Waals surface area contributed by atoms with Crippen LogP contribution in [0.4, 0.5) is 5.69 Å². The van der Waals surface area contributed by atoms with Crippen LogP contribution in [0.25, 0.3) is 0 Å². The van der Waals surface area contributed by atoms with Crippen LogP contribution in [-0.2, 0) is 9.84 Å². The Morgan fingerprint density at radius 1 is 1.53 bits per heavy atom. The summed E-state index contributed by atoms with van der Waals surface area (Å²) in [5.41, 5.74) is -0.142. The molecule has 0 fully saturated rings. The molecule has 0 aliphatic heterocycles.